The number of halogens is 3. The molecule has 0 unspecified atom stereocenters. The van der Waals surface area contributed by atoms with E-state index in [1.54, 1.807) is 12.1 Å². The van der Waals surface area contributed by atoms with Gasteiger partial charge in [-0.05, 0) is 29.8 Å². The molecule has 0 aliphatic heterocycles. The van der Waals surface area contributed by atoms with Crippen LogP contribution in [0.2, 0.25) is 0 Å². The molecule has 0 fully saturated rings. The van der Waals surface area contributed by atoms with Crippen LogP contribution in [-0.4, -0.2) is 24.1 Å². The van der Waals surface area contributed by atoms with Crippen molar-refractivity contribution in [2.45, 2.75) is 11.9 Å². The minimum Gasteiger partial charge on any atom is -0.376 e. The largest absolute Gasteiger partial charge is 0.534 e. The normalized spacial score (nSPS) is 12.1. The summed E-state index contributed by atoms with van der Waals surface area (Å²) in [6.45, 7) is 0. The van der Waals surface area contributed by atoms with Gasteiger partial charge in [0.2, 0.25) is 0 Å². The second kappa shape index (κ2) is 5.68. The third kappa shape index (κ3) is 3.91. The van der Waals surface area contributed by atoms with E-state index in [2.05, 4.69) is 14.4 Å². The fourth-order valence-corrected chi connectivity index (χ4v) is 1.93. The van der Waals surface area contributed by atoms with Crippen LogP contribution in [-0.2, 0) is 16.5 Å². The number of hydrogen-bond donors (Lipinski definition) is 0. The second-order valence-electron chi connectivity index (χ2n) is 4.02. The Morgan fingerprint density at radius 3 is 2.29 bits per heavy atom. The second-order valence-corrected chi connectivity index (χ2v) is 5.56. The van der Waals surface area contributed by atoms with Gasteiger partial charge < -0.3 is 4.18 Å². The van der Waals surface area contributed by atoms with Gasteiger partial charge in [0.05, 0.1) is 5.69 Å². The summed E-state index contributed by atoms with van der Waals surface area (Å²) in [6, 6.07) is 8.65. The van der Waals surface area contributed by atoms with Crippen LogP contribution in [0.1, 0.15) is 11.3 Å². The van der Waals surface area contributed by atoms with E-state index in [0.29, 0.717) is 12.1 Å². The van der Waals surface area contributed by atoms with Crippen LogP contribution >= 0.6 is 0 Å². The molecule has 0 saturated carbocycles. The monoisotopic (exact) mass is 318 g/mol. The van der Waals surface area contributed by atoms with Crippen molar-refractivity contribution < 1.29 is 25.8 Å². The lowest BCUT2D eigenvalue weighted by molar-refractivity contribution is -0.0500. The van der Waals surface area contributed by atoms with Gasteiger partial charge in [-0.25, -0.2) is 0 Å². The first-order valence-corrected chi connectivity index (χ1v) is 7.05. The molecule has 0 amide bonds. The van der Waals surface area contributed by atoms with E-state index in [4.69, 9.17) is 0 Å². The summed E-state index contributed by atoms with van der Waals surface area (Å²) in [7, 11) is -5.64. The van der Waals surface area contributed by atoms with Crippen molar-refractivity contribution in [2.24, 2.45) is 0 Å². The van der Waals surface area contributed by atoms with Crippen LogP contribution < -0.4 is 4.18 Å². The zero-order valence-corrected chi connectivity index (χ0v) is 11.2. The third-order valence-corrected chi connectivity index (χ3v) is 3.40. The molecule has 0 N–H and O–H groups in total. The molecule has 1 heterocycles. The van der Waals surface area contributed by atoms with Crippen molar-refractivity contribution in [3.05, 3.63) is 53.9 Å². The number of benzene rings is 1. The minimum absolute atomic E-state index is 0.407. The van der Waals surface area contributed by atoms with Crippen molar-refractivity contribution in [1.82, 2.24) is 10.2 Å². The standard InChI is InChI=1S/C12H9F3N2O3S/c13-12(14,15)21(18,19)20-11-5-3-9(4-6-11)8-10-2-1-7-16-17-10/h1-7H,8H2. The van der Waals surface area contributed by atoms with Gasteiger partial charge in [0.1, 0.15) is 5.75 Å². The van der Waals surface area contributed by atoms with Gasteiger partial charge in [0, 0.05) is 12.6 Å². The average molecular weight is 318 g/mol. The number of aromatic nitrogens is 2. The van der Waals surface area contributed by atoms with E-state index in [0.717, 1.165) is 17.7 Å². The fourth-order valence-electron chi connectivity index (χ4n) is 1.47. The average Bonchev–Trinajstić information content (AvgIpc) is 2.41. The van der Waals surface area contributed by atoms with Crippen LogP contribution in [0, 0.1) is 0 Å². The molecule has 2 rings (SSSR count). The number of alkyl halides is 3. The minimum atomic E-state index is -5.64. The van der Waals surface area contributed by atoms with E-state index in [9.17, 15) is 21.6 Å². The van der Waals surface area contributed by atoms with E-state index in [-0.39, 0.29) is 0 Å². The summed E-state index contributed by atoms with van der Waals surface area (Å²) >= 11 is 0. The first-order valence-electron chi connectivity index (χ1n) is 5.64. The quantitative estimate of drug-likeness (QED) is 0.639. The molecule has 2 aromatic rings. The summed E-state index contributed by atoms with van der Waals surface area (Å²) in [5.41, 5.74) is -4.05. The molecule has 0 radical (unpaired) electrons. The van der Waals surface area contributed by atoms with Gasteiger partial charge in [-0.15, -0.1) is 0 Å². The molecule has 0 aliphatic rings. The van der Waals surface area contributed by atoms with Gasteiger partial charge in [0.25, 0.3) is 0 Å². The maximum atomic E-state index is 12.2. The van der Waals surface area contributed by atoms with E-state index in [1.807, 2.05) is 0 Å². The predicted molar refractivity (Wildman–Crippen MR) is 66.9 cm³/mol. The first kappa shape index (κ1) is 15.2. The molecule has 0 bridgehead atoms. The van der Waals surface area contributed by atoms with Crippen LogP contribution in [0.15, 0.2) is 42.6 Å². The summed E-state index contributed by atoms with van der Waals surface area (Å²) < 4.78 is 62.1. The van der Waals surface area contributed by atoms with Crippen LogP contribution in [0.3, 0.4) is 0 Å². The molecule has 1 aromatic heterocycles. The highest BCUT2D eigenvalue weighted by molar-refractivity contribution is 7.87. The van der Waals surface area contributed by atoms with Crippen molar-refractivity contribution in [2.75, 3.05) is 0 Å². The zero-order chi connectivity index (χ0) is 15.5. The Morgan fingerprint density at radius 1 is 1.10 bits per heavy atom. The van der Waals surface area contributed by atoms with Crippen molar-refractivity contribution in [3.8, 4) is 5.75 Å². The Labute approximate surface area is 118 Å². The summed E-state index contributed by atoms with van der Waals surface area (Å²) in [4.78, 5) is 0. The number of hydrogen-bond acceptors (Lipinski definition) is 5. The van der Waals surface area contributed by atoms with E-state index < -0.39 is 21.4 Å². The zero-order valence-electron chi connectivity index (χ0n) is 10.4. The molecule has 9 heteroatoms. The molecule has 1 aromatic carbocycles. The Kier molecular flexibility index (Phi) is 4.12. The highest BCUT2D eigenvalue weighted by atomic mass is 32.2. The molecule has 21 heavy (non-hydrogen) atoms. The molecule has 112 valence electrons. The lowest BCUT2D eigenvalue weighted by atomic mass is 10.1. The molecular formula is C12H9F3N2O3S. The fraction of sp³-hybridized carbons (Fsp3) is 0.167. The van der Waals surface area contributed by atoms with Gasteiger partial charge in [0.15, 0.2) is 0 Å². The highest BCUT2D eigenvalue weighted by Crippen LogP contribution is 2.27. The highest BCUT2D eigenvalue weighted by Gasteiger charge is 2.48. The third-order valence-electron chi connectivity index (χ3n) is 2.43. The van der Waals surface area contributed by atoms with Crippen LogP contribution in [0.25, 0.3) is 0 Å². The number of nitrogens with zero attached hydrogens (tertiary/aromatic N) is 2. The van der Waals surface area contributed by atoms with Gasteiger partial charge >= 0.3 is 15.6 Å². The van der Waals surface area contributed by atoms with Crippen LogP contribution in [0.4, 0.5) is 13.2 Å². The molecule has 5 nitrogen and oxygen atoms in total. The summed E-state index contributed by atoms with van der Waals surface area (Å²) in [6.07, 6.45) is 1.93. The maximum absolute atomic E-state index is 12.2. The van der Waals surface area contributed by atoms with Crippen LogP contribution in [0.5, 0.6) is 5.75 Å². The van der Waals surface area contributed by atoms with Gasteiger partial charge in [-0.3, -0.25) is 0 Å². The van der Waals surface area contributed by atoms with Crippen molar-refractivity contribution in [1.29, 1.82) is 0 Å². The lowest BCUT2D eigenvalue weighted by Crippen LogP contribution is -2.28. The maximum Gasteiger partial charge on any atom is 0.534 e. The topological polar surface area (TPSA) is 69.2 Å². The number of rotatable bonds is 4. The van der Waals surface area contributed by atoms with Crippen molar-refractivity contribution in [3.63, 3.8) is 0 Å². The molecule has 0 spiro atoms. The predicted octanol–water partition coefficient (Wildman–Crippen LogP) is 2.30. The molecule has 0 atom stereocenters. The van der Waals surface area contributed by atoms with Gasteiger partial charge in [-0.1, -0.05) is 12.1 Å². The molecular weight excluding hydrogens is 309 g/mol. The molecule has 0 aliphatic carbocycles. The smallest absolute Gasteiger partial charge is 0.376 e. The Morgan fingerprint density at radius 2 is 1.76 bits per heavy atom. The summed E-state index contributed by atoms with van der Waals surface area (Å²) in [5, 5.41) is 7.56. The first-order chi connectivity index (χ1) is 9.78. The Balaban J connectivity index is 2.10. The van der Waals surface area contributed by atoms with Gasteiger partial charge in [-0.2, -0.15) is 31.8 Å². The Bertz CT molecular complexity index is 701. The summed E-state index contributed by atoms with van der Waals surface area (Å²) in [5.74, 6) is -0.407. The van der Waals surface area contributed by atoms with E-state index in [1.165, 1.54) is 18.3 Å². The lowest BCUT2D eigenvalue weighted by Gasteiger charge is -2.09. The van der Waals surface area contributed by atoms with E-state index >= 15 is 0 Å². The van der Waals surface area contributed by atoms with Crippen molar-refractivity contribution >= 4 is 10.1 Å². The molecule has 0 saturated heterocycles. The SMILES string of the molecule is O=S(=O)(Oc1ccc(Cc2cccnn2)cc1)C(F)(F)F. The Hall–Kier alpha value is -2.16.